The minimum Gasteiger partial charge on any atom is -0.464 e. The van der Waals surface area contributed by atoms with Crippen LogP contribution in [0, 0.1) is 3.70 Å². The molecule has 1 heterocycles. The average molecular weight is 342 g/mol. The lowest BCUT2D eigenvalue weighted by Gasteiger charge is -2.10. The Kier molecular flexibility index (Phi) is 4.54. The summed E-state index contributed by atoms with van der Waals surface area (Å²) in [7, 11) is 1.16. The van der Waals surface area contributed by atoms with Gasteiger partial charge in [0.2, 0.25) is 0 Å². The summed E-state index contributed by atoms with van der Waals surface area (Å²) in [5.74, 6) is -0.747. The standard InChI is InChI=1S/C9H9F2IN2O2/c1-16-9(15)6-2-4(7(10)11)5(3-13)8(12)14-6/h2,7H,3,13H2,1H3. The van der Waals surface area contributed by atoms with Crippen molar-refractivity contribution in [2.75, 3.05) is 7.11 Å². The van der Waals surface area contributed by atoms with Crippen molar-refractivity contribution in [3.63, 3.8) is 0 Å². The zero-order valence-corrected chi connectivity index (χ0v) is 10.5. The third-order valence-electron chi connectivity index (χ3n) is 1.94. The highest BCUT2D eigenvalue weighted by Crippen LogP contribution is 2.26. The highest BCUT2D eigenvalue weighted by Gasteiger charge is 2.20. The second-order valence-corrected chi connectivity index (χ2v) is 3.88. The number of rotatable bonds is 3. The van der Waals surface area contributed by atoms with Crippen molar-refractivity contribution in [2.45, 2.75) is 13.0 Å². The van der Waals surface area contributed by atoms with E-state index in [2.05, 4.69) is 9.72 Å². The molecule has 0 unspecified atom stereocenters. The number of pyridine rings is 1. The minimum atomic E-state index is -2.70. The van der Waals surface area contributed by atoms with Gasteiger partial charge in [-0.3, -0.25) is 0 Å². The molecule has 4 nitrogen and oxygen atoms in total. The van der Waals surface area contributed by atoms with Crippen LogP contribution in [0.4, 0.5) is 8.78 Å². The van der Waals surface area contributed by atoms with Crippen LogP contribution in [0.1, 0.15) is 28.0 Å². The van der Waals surface area contributed by atoms with E-state index in [1.165, 1.54) is 0 Å². The summed E-state index contributed by atoms with van der Waals surface area (Å²) < 4.78 is 30.1. The maximum absolute atomic E-state index is 12.7. The van der Waals surface area contributed by atoms with Crippen molar-refractivity contribution in [1.82, 2.24) is 4.98 Å². The first kappa shape index (κ1) is 13.2. The number of methoxy groups -OCH3 is 1. The van der Waals surface area contributed by atoms with E-state index in [1.807, 2.05) is 0 Å². The predicted octanol–water partition coefficient (Wildman–Crippen LogP) is 1.87. The molecule has 0 aliphatic heterocycles. The van der Waals surface area contributed by atoms with Gasteiger partial charge in [0, 0.05) is 17.7 Å². The monoisotopic (exact) mass is 342 g/mol. The first-order valence-electron chi connectivity index (χ1n) is 4.27. The molecular formula is C9H9F2IN2O2. The summed E-state index contributed by atoms with van der Waals surface area (Å²) in [6.07, 6.45) is -2.70. The first-order valence-corrected chi connectivity index (χ1v) is 5.35. The molecule has 0 atom stereocenters. The van der Waals surface area contributed by atoms with E-state index in [-0.39, 0.29) is 23.4 Å². The van der Waals surface area contributed by atoms with E-state index >= 15 is 0 Å². The van der Waals surface area contributed by atoms with Crippen LogP contribution in [0.25, 0.3) is 0 Å². The van der Waals surface area contributed by atoms with Gasteiger partial charge in [0.05, 0.1) is 7.11 Å². The molecule has 88 valence electrons. The normalized spacial score (nSPS) is 10.6. The summed E-state index contributed by atoms with van der Waals surface area (Å²) in [5.41, 5.74) is 5.19. The van der Waals surface area contributed by atoms with E-state index in [1.54, 1.807) is 22.6 Å². The first-order chi connectivity index (χ1) is 7.51. The molecule has 0 radical (unpaired) electrons. The average Bonchev–Trinajstić information content (AvgIpc) is 2.26. The van der Waals surface area contributed by atoms with Crippen molar-refractivity contribution < 1.29 is 18.3 Å². The topological polar surface area (TPSA) is 65.2 Å². The zero-order valence-electron chi connectivity index (χ0n) is 8.34. The third kappa shape index (κ3) is 2.64. The fourth-order valence-corrected chi connectivity index (χ4v) is 1.96. The number of halogens is 3. The van der Waals surface area contributed by atoms with Crippen LogP contribution >= 0.6 is 22.6 Å². The molecule has 1 rings (SSSR count). The zero-order chi connectivity index (χ0) is 12.3. The molecule has 0 aliphatic carbocycles. The van der Waals surface area contributed by atoms with E-state index < -0.39 is 12.4 Å². The largest absolute Gasteiger partial charge is 0.464 e. The maximum atomic E-state index is 12.7. The Morgan fingerprint density at radius 3 is 2.75 bits per heavy atom. The van der Waals surface area contributed by atoms with Crippen LogP contribution in [0.5, 0.6) is 0 Å². The van der Waals surface area contributed by atoms with Crippen LogP contribution in [-0.2, 0) is 11.3 Å². The minimum absolute atomic E-state index is 0.0492. The van der Waals surface area contributed by atoms with Crippen molar-refractivity contribution >= 4 is 28.6 Å². The molecule has 16 heavy (non-hydrogen) atoms. The Morgan fingerprint density at radius 2 is 2.31 bits per heavy atom. The molecule has 0 bridgehead atoms. The Labute approximate surface area is 104 Å². The Bertz CT molecular complexity index is 413. The summed E-state index contributed by atoms with van der Waals surface area (Å²) in [5, 5.41) is 0. The molecule has 7 heteroatoms. The quantitative estimate of drug-likeness (QED) is 0.518. The number of esters is 1. The highest BCUT2D eigenvalue weighted by atomic mass is 127. The van der Waals surface area contributed by atoms with Crippen LogP contribution in [0.15, 0.2) is 6.07 Å². The van der Waals surface area contributed by atoms with Gasteiger partial charge in [0.25, 0.3) is 6.43 Å². The second-order valence-electron chi connectivity index (χ2n) is 2.86. The summed E-state index contributed by atoms with van der Waals surface area (Å²) in [6, 6.07) is 1.01. The van der Waals surface area contributed by atoms with Crippen LogP contribution in [-0.4, -0.2) is 18.1 Å². The Hall–Kier alpha value is -0.830. The Balaban J connectivity index is 3.33. The summed E-state index contributed by atoms with van der Waals surface area (Å²) in [4.78, 5) is 15.0. The number of nitrogens with two attached hydrogens (primary N) is 1. The van der Waals surface area contributed by atoms with Gasteiger partial charge in [-0.25, -0.2) is 18.6 Å². The number of nitrogens with zero attached hydrogens (tertiary/aromatic N) is 1. The molecule has 0 aliphatic rings. The van der Waals surface area contributed by atoms with Crippen LogP contribution in [0.2, 0.25) is 0 Å². The molecule has 0 spiro atoms. The van der Waals surface area contributed by atoms with Crippen molar-refractivity contribution in [3.05, 3.63) is 26.6 Å². The fourth-order valence-electron chi connectivity index (χ4n) is 1.16. The molecule has 0 saturated heterocycles. The van der Waals surface area contributed by atoms with Crippen molar-refractivity contribution in [1.29, 1.82) is 0 Å². The van der Waals surface area contributed by atoms with E-state index in [0.717, 1.165) is 13.2 Å². The van der Waals surface area contributed by atoms with Crippen LogP contribution in [0.3, 0.4) is 0 Å². The summed E-state index contributed by atoms with van der Waals surface area (Å²) in [6.45, 7) is -0.0492. The van der Waals surface area contributed by atoms with Gasteiger partial charge in [-0.1, -0.05) is 0 Å². The molecule has 0 fully saturated rings. The number of hydrogen-bond acceptors (Lipinski definition) is 4. The van der Waals surface area contributed by atoms with Crippen LogP contribution < -0.4 is 5.73 Å². The van der Waals surface area contributed by atoms with Gasteiger partial charge >= 0.3 is 5.97 Å². The number of hydrogen-bond donors (Lipinski definition) is 1. The molecular weight excluding hydrogens is 333 g/mol. The second kappa shape index (κ2) is 5.48. The van der Waals surface area contributed by atoms with Gasteiger partial charge < -0.3 is 10.5 Å². The number of ether oxygens (including phenoxy) is 1. The fraction of sp³-hybridized carbons (Fsp3) is 0.333. The molecule has 0 amide bonds. The number of aromatic nitrogens is 1. The Morgan fingerprint density at radius 1 is 1.69 bits per heavy atom. The maximum Gasteiger partial charge on any atom is 0.356 e. The molecule has 0 saturated carbocycles. The SMILES string of the molecule is COC(=O)c1cc(C(F)F)c(CN)c(I)n1. The number of carbonyl (C=O) groups excluding carboxylic acids is 1. The lowest BCUT2D eigenvalue weighted by Crippen LogP contribution is -2.12. The molecule has 1 aromatic heterocycles. The molecule has 1 aromatic rings. The van der Waals surface area contributed by atoms with Crippen molar-refractivity contribution in [3.8, 4) is 0 Å². The van der Waals surface area contributed by atoms with E-state index in [9.17, 15) is 13.6 Å². The van der Waals surface area contributed by atoms with Crippen molar-refractivity contribution in [2.24, 2.45) is 5.73 Å². The van der Waals surface area contributed by atoms with Gasteiger partial charge in [-0.2, -0.15) is 0 Å². The lowest BCUT2D eigenvalue weighted by molar-refractivity contribution is 0.0593. The van der Waals surface area contributed by atoms with Gasteiger partial charge in [-0.15, -0.1) is 0 Å². The number of alkyl halides is 2. The van der Waals surface area contributed by atoms with E-state index in [0.29, 0.717) is 3.70 Å². The molecule has 0 aromatic carbocycles. The summed E-state index contributed by atoms with van der Waals surface area (Å²) >= 11 is 1.76. The highest BCUT2D eigenvalue weighted by molar-refractivity contribution is 14.1. The van der Waals surface area contributed by atoms with E-state index in [4.69, 9.17) is 5.73 Å². The third-order valence-corrected chi connectivity index (χ3v) is 2.83. The lowest BCUT2D eigenvalue weighted by atomic mass is 10.1. The van der Waals surface area contributed by atoms with Gasteiger partial charge in [-0.05, 0) is 28.7 Å². The van der Waals surface area contributed by atoms with Gasteiger partial charge in [0.1, 0.15) is 9.39 Å². The van der Waals surface area contributed by atoms with Gasteiger partial charge in [0.15, 0.2) is 0 Å². The number of carbonyl (C=O) groups is 1. The predicted molar refractivity (Wildman–Crippen MR) is 61.1 cm³/mol. The molecule has 2 N–H and O–H groups in total. The smallest absolute Gasteiger partial charge is 0.356 e.